The number of hydrogen-bond donors (Lipinski definition) is 2. The molecular weight excluding hydrogens is 248 g/mol. The fourth-order valence-corrected chi connectivity index (χ4v) is 1.42. The Balaban J connectivity index is 2.92. The number of nitro groups is 1. The zero-order valence-corrected chi connectivity index (χ0v) is 9.77. The minimum Gasteiger partial charge on any atom is -0.370 e. The average Bonchev–Trinajstić information content (AvgIpc) is 2.15. The summed E-state index contributed by atoms with van der Waals surface area (Å²) >= 11 is 5.65. The molecule has 1 unspecified atom stereocenters. The highest BCUT2D eigenvalue weighted by Crippen LogP contribution is 2.24. The van der Waals surface area contributed by atoms with Crippen molar-refractivity contribution in [2.45, 2.75) is 19.4 Å². The molecule has 0 aliphatic rings. The molecule has 1 aromatic heterocycles. The summed E-state index contributed by atoms with van der Waals surface area (Å²) in [6.45, 7) is 1.66. The standard InChI is InChI=1S/C9H11ClN4O3/c1-5(4-8(11)15)12-9-6(14(16)17)2-3-7(10)13-9/h2-3,5H,4H2,1H3,(H2,11,15)(H,12,13). The van der Waals surface area contributed by atoms with Gasteiger partial charge in [-0.15, -0.1) is 0 Å². The summed E-state index contributed by atoms with van der Waals surface area (Å²) in [6.07, 6.45) is 0.0470. The maximum atomic E-state index is 10.7. The van der Waals surface area contributed by atoms with Gasteiger partial charge in [0.2, 0.25) is 11.7 Å². The molecule has 1 rings (SSSR count). The van der Waals surface area contributed by atoms with Crippen LogP contribution >= 0.6 is 11.6 Å². The number of amides is 1. The third-order valence-electron chi connectivity index (χ3n) is 1.93. The van der Waals surface area contributed by atoms with Gasteiger partial charge in [0.25, 0.3) is 0 Å². The number of nitrogens with one attached hydrogen (secondary N) is 1. The monoisotopic (exact) mass is 258 g/mol. The van der Waals surface area contributed by atoms with E-state index in [1.807, 2.05) is 0 Å². The van der Waals surface area contributed by atoms with Crippen LogP contribution in [0.5, 0.6) is 0 Å². The van der Waals surface area contributed by atoms with Gasteiger partial charge in [0.15, 0.2) is 0 Å². The van der Waals surface area contributed by atoms with E-state index in [0.717, 1.165) is 0 Å². The Labute approximate surface area is 102 Å². The first kappa shape index (κ1) is 13.2. The molecule has 7 nitrogen and oxygen atoms in total. The van der Waals surface area contributed by atoms with Gasteiger partial charge in [-0.1, -0.05) is 11.6 Å². The van der Waals surface area contributed by atoms with E-state index in [-0.39, 0.29) is 29.1 Å². The van der Waals surface area contributed by atoms with Crippen LogP contribution in [0.1, 0.15) is 13.3 Å². The maximum absolute atomic E-state index is 10.7. The molecule has 0 saturated carbocycles. The van der Waals surface area contributed by atoms with Crippen LogP contribution < -0.4 is 11.1 Å². The predicted molar refractivity (Wildman–Crippen MR) is 62.8 cm³/mol. The Bertz CT molecular complexity index is 452. The molecule has 1 amide bonds. The van der Waals surface area contributed by atoms with E-state index in [1.165, 1.54) is 12.1 Å². The number of nitrogens with two attached hydrogens (primary N) is 1. The van der Waals surface area contributed by atoms with Crippen molar-refractivity contribution in [3.05, 3.63) is 27.4 Å². The molecule has 0 aliphatic heterocycles. The Hall–Kier alpha value is -1.89. The molecule has 8 heteroatoms. The number of hydrogen-bond acceptors (Lipinski definition) is 5. The lowest BCUT2D eigenvalue weighted by atomic mass is 10.2. The Kier molecular flexibility index (Phi) is 4.22. The highest BCUT2D eigenvalue weighted by Gasteiger charge is 2.18. The summed E-state index contributed by atoms with van der Waals surface area (Å²) in [6, 6.07) is 2.20. The largest absolute Gasteiger partial charge is 0.370 e. The quantitative estimate of drug-likeness (QED) is 0.470. The van der Waals surface area contributed by atoms with Crippen LogP contribution in [0, 0.1) is 10.1 Å². The molecule has 1 heterocycles. The van der Waals surface area contributed by atoms with Crippen LogP contribution in [0.4, 0.5) is 11.5 Å². The molecule has 92 valence electrons. The summed E-state index contributed by atoms with van der Waals surface area (Å²) in [5.74, 6) is -0.481. The van der Waals surface area contributed by atoms with Crippen LogP contribution in [0.3, 0.4) is 0 Å². The number of halogens is 1. The van der Waals surface area contributed by atoms with Gasteiger partial charge in [0.05, 0.1) is 4.92 Å². The first-order valence-corrected chi connectivity index (χ1v) is 5.13. The van der Waals surface area contributed by atoms with Crippen molar-refractivity contribution < 1.29 is 9.72 Å². The second-order valence-corrected chi connectivity index (χ2v) is 3.86. The van der Waals surface area contributed by atoms with Gasteiger partial charge in [-0.3, -0.25) is 14.9 Å². The summed E-state index contributed by atoms with van der Waals surface area (Å²) in [7, 11) is 0. The van der Waals surface area contributed by atoms with Crippen molar-refractivity contribution in [1.82, 2.24) is 4.98 Å². The van der Waals surface area contributed by atoms with E-state index in [9.17, 15) is 14.9 Å². The van der Waals surface area contributed by atoms with Crippen molar-refractivity contribution in [3.8, 4) is 0 Å². The van der Waals surface area contributed by atoms with Crippen molar-refractivity contribution >= 4 is 29.0 Å². The number of carbonyl (C=O) groups is 1. The van der Waals surface area contributed by atoms with E-state index in [2.05, 4.69) is 10.3 Å². The fourth-order valence-electron chi connectivity index (χ4n) is 1.27. The molecule has 0 saturated heterocycles. The molecule has 0 radical (unpaired) electrons. The van der Waals surface area contributed by atoms with E-state index < -0.39 is 10.8 Å². The smallest absolute Gasteiger partial charge is 0.311 e. The summed E-state index contributed by atoms with van der Waals surface area (Å²) in [5.41, 5.74) is 4.81. The van der Waals surface area contributed by atoms with Crippen LogP contribution in [-0.4, -0.2) is 21.9 Å². The number of anilines is 1. The van der Waals surface area contributed by atoms with Crippen molar-refractivity contribution in [1.29, 1.82) is 0 Å². The van der Waals surface area contributed by atoms with Crippen molar-refractivity contribution in [2.24, 2.45) is 5.73 Å². The van der Waals surface area contributed by atoms with Gasteiger partial charge in [-0.2, -0.15) is 0 Å². The molecule has 1 aromatic rings. The minimum atomic E-state index is -0.581. The lowest BCUT2D eigenvalue weighted by molar-refractivity contribution is -0.384. The first-order chi connectivity index (χ1) is 7.90. The molecular formula is C9H11ClN4O3. The second-order valence-electron chi connectivity index (χ2n) is 3.47. The molecule has 1 atom stereocenters. The Morgan fingerprint density at radius 2 is 2.35 bits per heavy atom. The Morgan fingerprint density at radius 3 is 2.88 bits per heavy atom. The van der Waals surface area contributed by atoms with Gasteiger partial charge in [0.1, 0.15) is 5.15 Å². The van der Waals surface area contributed by atoms with Crippen molar-refractivity contribution in [3.63, 3.8) is 0 Å². The van der Waals surface area contributed by atoms with Gasteiger partial charge in [0, 0.05) is 18.5 Å². The number of carbonyl (C=O) groups excluding carboxylic acids is 1. The topological polar surface area (TPSA) is 111 Å². The van der Waals surface area contributed by atoms with Crippen LogP contribution in [0.25, 0.3) is 0 Å². The molecule has 0 bridgehead atoms. The number of pyridine rings is 1. The van der Waals surface area contributed by atoms with E-state index >= 15 is 0 Å². The van der Waals surface area contributed by atoms with Gasteiger partial charge < -0.3 is 11.1 Å². The molecule has 0 spiro atoms. The SMILES string of the molecule is CC(CC(N)=O)Nc1nc(Cl)ccc1[N+](=O)[O-]. The van der Waals surface area contributed by atoms with E-state index in [1.54, 1.807) is 6.92 Å². The number of nitrogens with zero attached hydrogens (tertiary/aromatic N) is 2. The summed E-state index contributed by atoms with van der Waals surface area (Å²) < 4.78 is 0. The molecule has 17 heavy (non-hydrogen) atoms. The molecule has 3 N–H and O–H groups in total. The fraction of sp³-hybridized carbons (Fsp3) is 0.333. The number of primary amides is 1. The summed E-state index contributed by atoms with van der Waals surface area (Å²) in [5, 5.41) is 13.6. The third kappa shape index (κ3) is 3.87. The average molecular weight is 259 g/mol. The Morgan fingerprint density at radius 1 is 1.71 bits per heavy atom. The summed E-state index contributed by atoms with van der Waals surface area (Å²) in [4.78, 5) is 24.6. The van der Waals surface area contributed by atoms with Crippen LogP contribution in [0.15, 0.2) is 12.1 Å². The molecule has 0 aliphatic carbocycles. The lowest BCUT2D eigenvalue weighted by Crippen LogP contribution is -2.24. The minimum absolute atomic E-state index is 0.0243. The zero-order chi connectivity index (χ0) is 13.0. The first-order valence-electron chi connectivity index (χ1n) is 4.76. The van der Waals surface area contributed by atoms with Gasteiger partial charge in [-0.25, -0.2) is 4.98 Å². The predicted octanol–water partition coefficient (Wildman–Crippen LogP) is 1.32. The maximum Gasteiger partial charge on any atom is 0.311 e. The zero-order valence-electron chi connectivity index (χ0n) is 9.01. The molecule has 0 aromatic carbocycles. The molecule has 0 fully saturated rings. The third-order valence-corrected chi connectivity index (χ3v) is 2.14. The van der Waals surface area contributed by atoms with E-state index in [4.69, 9.17) is 17.3 Å². The highest BCUT2D eigenvalue weighted by molar-refractivity contribution is 6.29. The van der Waals surface area contributed by atoms with Crippen molar-refractivity contribution in [2.75, 3.05) is 5.32 Å². The number of rotatable bonds is 5. The normalized spacial score (nSPS) is 11.9. The van der Waals surface area contributed by atoms with E-state index in [0.29, 0.717) is 0 Å². The lowest BCUT2D eigenvalue weighted by Gasteiger charge is -2.12. The number of aromatic nitrogens is 1. The second kappa shape index (κ2) is 5.44. The van der Waals surface area contributed by atoms with Crippen LogP contribution in [0.2, 0.25) is 5.15 Å². The highest BCUT2D eigenvalue weighted by atomic mass is 35.5. The van der Waals surface area contributed by atoms with Gasteiger partial charge in [-0.05, 0) is 13.0 Å². The van der Waals surface area contributed by atoms with Gasteiger partial charge >= 0.3 is 5.69 Å². The van der Waals surface area contributed by atoms with Crippen LogP contribution in [-0.2, 0) is 4.79 Å².